The Hall–Kier alpha value is -0.780. The molecule has 0 amide bonds. The summed E-state index contributed by atoms with van der Waals surface area (Å²) >= 11 is 7.05. The number of aliphatic hydroxyl groups excluding tert-OH is 1. The number of hydrogen-bond donors (Lipinski definition) is 2. The lowest BCUT2D eigenvalue weighted by Crippen LogP contribution is -2.24. The first kappa shape index (κ1) is 15.6. The van der Waals surface area contributed by atoms with Crippen LogP contribution in [-0.4, -0.2) is 35.5 Å². The Morgan fingerprint density at radius 3 is 3.00 bits per heavy atom. The van der Waals surface area contributed by atoms with E-state index < -0.39 is 0 Å². The number of anilines is 1. The standard InChI is InChI=1S/C15H22N2OS2/c1-2-20-13-5-3-4-12(14(13)15(16)19)17-8-6-11(10-17)7-9-18/h3-5,11,18H,2,6-10H2,1H3,(H2,16,19). The molecule has 0 spiro atoms. The first-order chi connectivity index (χ1) is 9.67. The molecule has 3 nitrogen and oxygen atoms in total. The monoisotopic (exact) mass is 310 g/mol. The van der Waals surface area contributed by atoms with Crippen LogP contribution < -0.4 is 10.6 Å². The molecule has 1 atom stereocenters. The van der Waals surface area contributed by atoms with E-state index >= 15 is 0 Å². The number of thioether (sulfide) groups is 1. The lowest BCUT2D eigenvalue weighted by molar-refractivity contribution is 0.263. The van der Waals surface area contributed by atoms with Gasteiger partial charge in [0.25, 0.3) is 0 Å². The van der Waals surface area contributed by atoms with Crippen LogP contribution in [0.1, 0.15) is 25.3 Å². The molecule has 1 aromatic rings. The van der Waals surface area contributed by atoms with E-state index in [1.165, 1.54) is 4.90 Å². The van der Waals surface area contributed by atoms with Crippen molar-refractivity contribution in [3.63, 3.8) is 0 Å². The summed E-state index contributed by atoms with van der Waals surface area (Å²) in [5.41, 5.74) is 8.12. The molecule has 1 aliphatic rings. The van der Waals surface area contributed by atoms with E-state index in [2.05, 4.69) is 30.0 Å². The molecule has 0 aromatic heterocycles. The van der Waals surface area contributed by atoms with Gasteiger partial charge in [0.05, 0.1) is 0 Å². The molecule has 0 saturated carbocycles. The van der Waals surface area contributed by atoms with Crippen LogP contribution in [0.15, 0.2) is 23.1 Å². The Balaban J connectivity index is 2.27. The number of aliphatic hydroxyl groups is 1. The molecule has 110 valence electrons. The minimum atomic E-state index is 0.270. The normalized spacial score (nSPS) is 18.5. The third-order valence-electron chi connectivity index (χ3n) is 3.71. The van der Waals surface area contributed by atoms with Crippen molar-refractivity contribution < 1.29 is 5.11 Å². The summed E-state index contributed by atoms with van der Waals surface area (Å²) in [6.07, 6.45) is 2.00. The first-order valence-electron chi connectivity index (χ1n) is 7.08. The van der Waals surface area contributed by atoms with Gasteiger partial charge in [0, 0.05) is 35.8 Å². The van der Waals surface area contributed by atoms with Gasteiger partial charge in [-0.15, -0.1) is 11.8 Å². The van der Waals surface area contributed by atoms with Crippen LogP contribution >= 0.6 is 24.0 Å². The van der Waals surface area contributed by atoms with Crippen LogP contribution in [0.3, 0.4) is 0 Å². The number of nitrogens with two attached hydrogens (primary N) is 1. The maximum Gasteiger partial charge on any atom is 0.107 e. The van der Waals surface area contributed by atoms with Gasteiger partial charge in [-0.2, -0.15) is 0 Å². The Morgan fingerprint density at radius 2 is 2.35 bits per heavy atom. The van der Waals surface area contributed by atoms with Crippen molar-refractivity contribution >= 4 is 34.7 Å². The van der Waals surface area contributed by atoms with Crippen LogP contribution in [0.2, 0.25) is 0 Å². The number of nitrogens with zero attached hydrogens (tertiary/aromatic N) is 1. The lowest BCUT2D eigenvalue weighted by Gasteiger charge is -2.23. The largest absolute Gasteiger partial charge is 0.396 e. The highest BCUT2D eigenvalue weighted by Crippen LogP contribution is 2.34. The zero-order chi connectivity index (χ0) is 14.5. The quantitative estimate of drug-likeness (QED) is 0.625. The number of thiocarbonyl (C=S) groups is 1. The molecule has 1 heterocycles. The van der Waals surface area contributed by atoms with Gasteiger partial charge in [-0.1, -0.05) is 25.2 Å². The van der Waals surface area contributed by atoms with E-state index in [0.717, 1.165) is 42.9 Å². The third kappa shape index (κ3) is 3.45. The van der Waals surface area contributed by atoms with E-state index in [0.29, 0.717) is 10.9 Å². The average molecular weight is 310 g/mol. The van der Waals surface area contributed by atoms with E-state index in [1.54, 1.807) is 11.8 Å². The summed E-state index contributed by atoms with van der Waals surface area (Å²) in [6.45, 7) is 4.40. The fraction of sp³-hybridized carbons (Fsp3) is 0.533. The molecule has 20 heavy (non-hydrogen) atoms. The van der Waals surface area contributed by atoms with Gasteiger partial charge < -0.3 is 15.7 Å². The predicted octanol–water partition coefficient (Wildman–Crippen LogP) is 2.64. The van der Waals surface area contributed by atoms with Crippen molar-refractivity contribution in [2.45, 2.75) is 24.7 Å². The summed E-state index contributed by atoms with van der Waals surface area (Å²) in [4.78, 5) is 4.00. The summed E-state index contributed by atoms with van der Waals surface area (Å²) in [5.74, 6) is 1.58. The van der Waals surface area contributed by atoms with Crippen LogP contribution in [0, 0.1) is 5.92 Å². The van der Waals surface area contributed by atoms with Crippen molar-refractivity contribution in [1.82, 2.24) is 0 Å². The zero-order valence-electron chi connectivity index (χ0n) is 11.8. The third-order valence-corrected chi connectivity index (χ3v) is 4.86. The number of rotatable bonds is 6. The van der Waals surface area contributed by atoms with Crippen molar-refractivity contribution in [2.75, 3.05) is 30.3 Å². The van der Waals surface area contributed by atoms with Crippen molar-refractivity contribution in [3.8, 4) is 0 Å². The van der Waals surface area contributed by atoms with Crippen molar-refractivity contribution in [1.29, 1.82) is 0 Å². The van der Waals surface area contributed by atoms with E-state index in [9.17, 15) is 0 Å². The highest BCUT2D eigenvalue weighted by molar-refractivity contribution is 7.99. The minimum absolute atomic E-state index is 0.270. The predicted molar refractivity (Wildman–Crippen MR) is 90.8 cm³/mol. The Labute approximate surface area is 130 Å². The second-order valence-corrected chi connectivity index (χ2v) is 6.81. The van der Waals surface area contributed by atoms with Gasteiger partial charge in [-0.25, -0.2) is 0 Å². The zero-order valence-corrected chi connectivity index (χ0v) is 13.5. The molecule has 1 aliphatic heterocycles. The Kier molecular flexibility index (Phi) is 5.69. The van der Waals surface area contributed by atoms with Crippen molar-refractivity contribution in [2.24, 2.45) is 11.7 Å². The summed E-state index contributed by atoms with van der Waals surface area (Å²) in [6, 6.07) is 6.28. The fourth-order valence-corrected chi connectivity index (χ4v) is 3.90. The highest BCUT2D eigenvalue weighted by atomic mass is 32.2. The average Bonchev–Trinajstić information content (AvgIpc) is 2.87. The highest BCUT2D eigenvalue weighted by Gasteiger charge is 2.25. The maximum atomic E-state index is 9.08. The fourth-order valence-electron chi connectivity index (χ4n) is 2.78. The second kappa shape index (κ2) is 7.29. The molecule has 0 radical (unpaired) electrons. The molecule has 0 aliphatic carbocycles. The number of benzene rings is 1. The van der Waals surface area contributed by atoms with Crippen LogP contribution in [0.25, 0.3) is 0 Å². The molecule has 1 saturated heterocycles. The summed E-state index contributed by atoms with van der Waals surface area (Å²) in [7, 11) is 0. The Bertz CT molecular complexity index is 479. The molecule has 1 aromatic carbocycles. The van der Waals surface area contributed by atoms with Crippen LogP contribution in [0.4, 0.5) is 5.69 Å². The van der Waals surface area contributed by atoms with Crippen LogP contribution in [0.5, 0.6) is 0 Å². The molecule has 5 heteroatoms. The molecule has 1 fully saturated rings. The van der Waals surface area contributed by atoms with Gasteiger partial charge in [0.2, 0.25) is 0 Å². The molecular weight excluding hydrogens is 288 g/mol. The number of hydrogen-bond acceptors (Lipinski definition) is 4. The maximum absolute atomic E-state index is 9.08. The van der Waals surface area contributed by atoms with Crippen LogP contribution in [-0.2, 0) is 0 Å². The first-order valence-corrected chi connectivity index (χ1v) is 8.48. The van der Waals surface area contributed by atoms with Gasteiger partial charge in [-0.05, 0) is 36.6 Å². The smallest absolute Gasteiger partial charge is 0.107 e. The topological polar surface area (TPSA) is 49.5 Å². The molecule has 0 bridgehead atoms. The second-order valence-electron chi connectivity index (χ2n) is 5.06. The van der Waals surface area contributed by atoms with E-state index in [1.807, 2.05) is 0 Å². The van der Waals surface area contributed by atoms with Crippen molar-refractivity contribution in [3.05, 3.63) is 23.8 Å². The van der Waals surface area contributed by atoms with Gasteiger partial charge >= 0.3 is 0 Å². The van der Waals surface area contributed by atoms with E-state index in [4.69, 9.17) is 23.1 Å². The summed E-state index contributed by atoms with van der Waals surface area (Å²) < 4.78 is 0. The van der Waals surface area contributed by atoms with Gasteiger partial charge in [0.1, 0.15) is 4.99 Å². The Morgan fingerprint density at radius 1 is 1.55 bits per heavy atom. The molecule has 1 unspecified atom stereocenters. The molecular formula is C15H22N2OS2. The molecule has 2 rings (SSSR count). The van der Waals surface area contributed by atoms with E-state index in [-0.39, 0.29) is 6.61 Å². The SMILES string of the molecule is CCSc1cccc(N2CCC(CCO)C2)c1C(N)=S. The minimum Gasteiger partial charge on any atom is -0.396 e. The van der Waals surface area contributed by atoms with Gasteiger partial charge in [0.15, 0.2) is 0 Å². The molecule has 3 N–H and O–H groups in total. The van der Waals surface area contributed by atoms with Gasteiger partial charge in [-0.3, -0.25) is 0 Å². The lowest BCUT2D eigenvalue weighted by atomic mass is 10.1. The summed E-state index contributed by atoms with van der Waals surface area (Å²) in [5, 5.41) is 9.08.